The number of benzene rings is 1. The van der Waals surface area contributed by atoms with Gasteiger partial charge in [0.15, 0.2) is 6.39 Å². The number of para-hydroxylation sites is 1. The molecule has 0 unspecified atom stereocenters. The largest absolute Gasteiger partial charge is 0.447 e. The predicted molar refractivity (Wildman–Crippen MR) is 69.8 cm³/mol. The Kier molecular flexibility index (Phi) is 10.0. The average Bonchev–Trinajstić information content (AvgIpc) is 2.93. The Morgan fingerprint density at radius 3 is 2.58 bits per heavy atom. The van der Waals surface area contributed by atoms with Gasteiger partial charge in [-0.1, -0.05) is 18.2 Å². The molecular weight excluding hydrogens is 319 g/mol. The molecule has 0 saturated heterocycles. The van der Waals surface area contributed by atoms with Crippen LogP contribution < -0.4 is 10.6 Å². The summed E-state index contributed by atoms with van der Waals surface area (Å²) >= 11 is 0. The van der Waals surface area contributed by atoms with Crippen LogP contribution >= 0.6 is 0 Å². The monoisotopic (exact) mass is 335 g/mol. The fraction of sp³-hybridized carbons (Fsp3) is 0.154. The Bertz CT molecular complexity index is 446. The first-order chi connectivity index (χ1) is 8.84. The summed E-state index contributed by atoms with van der Waals surface area (Å²) in [5, 5.41) is 5.34. The number of rotatable bonds is 3. The molecule has 0 aliphatic rings. The van der Waals surface area contributed by atoms with Gasteiger partial charge in [-0.3, -0.25) is 0 Å². The van der Waals surface area contributed by atoms with E-state index in [1.807, 2.05) is 30.3 Å². The fourth-order valence-corrected chi connectivity index (χ4v) is 1.19. The van der Waals surface area contributed by atoms with Gasteiger partial charge in [-0.25, -0.2) is 9.78 Å². The number of amides is 2. The maximum Gasteiger partial charge on any atom is 0.319 e. The fourth-order valence-electron chi connectivity index (χ4n) is 1.19. The van der Waals surface area contributed by atoms with E-state index in [1.54, 1.807) is 13.1 Å². The molecule has 2 N–H and O–H groups in total. The minimum atomic E-state index is -0.275. The molecular formula is C13H16N3O2Y-. The second-order valence-corrected chi connectivity index (χ2v) is 3.14. The van der Waals surface area contributed by atoms with Gasteiger partial charge < -0.3 is 22.0 Å². The van der Waals surface area contributed by atoms with Crippen LogP contribution in [-0.2, 0) is 39.3 Å². The molecule has 1 heterocycles. The van der Waals surface area contributed by atoms with Crippen molar-refractivity contribution in [3.63, 3.8) is 0 Å². The van der Waals surface area contributed by atoms with E-state index in [9.17, 15) is 4.79 Å². The molecule has 5 nitrogen and oxygen atoms in total. The Morgan fingerprint density at radius 1 is 1.32 bits per heavy atom. The van der Waals surface area contributed by atoms with Gasteiger partial charge in [-0.05, 0) is 12.1 Å². The van der Waals surface area contributed by atoms with E-state index in [2.05, 4.69) is 22.5 Å². The second-order valence-electron chi connectivity index (χ2n) is 3.14. The smallest absolute Gasteiger partial charge is 0.319 e. The number of hydrogen-bond donors (Lipinski definition) is 2. The normalized spacial score (nSPS) is 8.53. The summed E-state index contributed by atoms with van der Waals surface area (Å²) < 4.78 is 4.98. The molecule has 6 heteroatoms. The van der Waals surface area contributed by atoms with Gasteiger partial charge in [0, 0.05) is 38.4 Å². The number of hydrogen-bond acceptors (Lipinski definition) is 3. The second kappa shape index (κ2) is 10.7. The van der Waals surface area contributed by atoms with Crippen molar-refractivity contribution in [2.24, 2.45) is 0 Å². The first-order valence-corrected chi connectivity index (χ1v) is 5.52. The van der Waals surface area contributed by atoms with Crippen LogP contribution in [-0.4, -0.2) is 11.0 Å². The molecule has 2 aromatic rings. The van der Waals surface area contributed by atoms with E-state index in [1.165, 1.54) is 6.39 Å². The average molecular weight is 335 g/mol. The van der Waals surface area contributed by atoms with Crippen molar-refractivity contribution in [2.75, 3.05) is 5.32 Å². The summed E-state index contributed by atoms with van der Waals surface area (Å²) in [5.74, 6) is 0.614. The number of aromatic nitrogens is 1. The van der Waals surface area contributed by atoms with Gasteiger partial charge in [-0.15, -0.1) is 0 Å². The minimum Gasteiger partial charge on any atom is -0.447 e. The SMILES string of the molecule is O=C(NCc1cnco1)Nc1ccccc1.[CH2-]C.[Y]. The van der Waals surface area contributed by atoms with Crippen LogP contribution in [0.5, 0.6) is 0 Å². The van der Waals surface area contributed by atoms with E-state index in [-0.39, 0.29) is 38.7 Å². The molecule has 1 radical (unpaired) electrons. The van der Waals surface area contributed by atoms with E-state index >= 15 is 0 Å². The Morgan fingerprint density at radius 2 is 2.00 bits per heavy atom. The van der Waals surface area contributed by atoms with Gasteiger partial charge in [0.05, 0.1) is 12.7 Å². The zero-order chi connectivity index (χ0) is 13.2. The number of urea groups is 1. The Labute approximate surface area is 138 Å². The summed E-state index contributed by atoms with van der Waals surface area (Å²) in [6, 6.07) is 8.94. The van der Waals surface area contributed by atoms with Gasteiger partial charge in [-0.2, -0.15) is 6.92 Å². The molecule has 0 spiro atoms. The first-order valence-electron chi connectivity index (χ1n) is 5.52. The standard InChI is InChI=1S/C11H11N3O2.C2H5.Y/c15-11(13-7-10-6-12-8-16-10)14-9-4-2-1-3-5-9;1-2;/h1-6,8H,7H2,(H2,13,14,15);1H2,2H3;/q;-1;. The molecule has 0 aliphatic heterocycles. The number of carbonyl (C=O) groups excluding carboxylic acids is 1. The number of carbonyl (C=O) groups is 1. The topological polar surface area (TPSA) is 67.2 Å². The van der Waals surface area contributed by atoms with Crippen molar-refractivity contribution >= 4 is 11.7 Å². The van der Waals surface area contributed by atoms with Crippen LogP contribution in [0.1, 0.15) is 12.7 Å². The van der Waals surface area contributed by atoms with Gasteiger partial charge in [0.25, 0.3) is 0 Å². The summed E-state index contributed by atoms with van der Waals surface area (Å²) in [7, 11) is 0. The number of nitrogens with zero attached hydrogens (tertiary/aromatic N) is 1. The van der Waals surface area contributed by atoms with Crippen LogP contribution in [0.15, 0.2) is 47.3 Å². The first kappa shape index (κ1) is 17.8. The third-order valence-electron chi connectivity index (χ3n) is 1.94. The van der Waals surface area contributed by atoms with Crippen LogP contribution in [0.2, 0.25) is 0 Å². The summed E-state index contributed by atoms with van der Waals surface area (Å²) in [6.07, 6.45) is 2.88. The molecule has 0 aliphatic carbocycles. The molecule has 2 rings (SSSR count). The molecule has 2 amide bonds. The van der Waals surface area contributed by atoms with Crippen molar-refractivity contribution < 1.29 is 41.9 Å². The molecule has 1 aromatic heterocycles. The molecule has 0 fully saturated rings. The third-order valence-corrected chi connectivity index (χ3v) is 1.94. The van der Waals surface area contributed by atoms with Gasteiger partial charge in [0.2, 0.25) is 0 Å². The van der Waals surface area contributed by atoms with Crippen molar-refractivity contribution in [2.45, 2.75) is 13.5 Å². The molecule has 0 saturated carbocycles. The van der Waals surface area contributed by atoms with Crippen molar-refractivity contribution in [1.29, 1.82) is 0 Å². The third kappa shape index (κ3) is 7.08. The van der Waals surface area contributed by atoms with Gasteiger partial charge in [0.1, 0.15) is 5.76 Å². The Hall–Kier alpha value is -1.20. The van der Waals surface area contributed by atoms with Crippen LogP contribution in [0.3, 0.4) is 0 Å². The molecule has 19 heavy (non-hydrogen) atoms. The van der Waals surface area contributed by atoms with E-state index in [4.69, 9.17) is 4.42 Å². The zero-order valence-electron chi connectivity index (χ0n) is 10.8. The van der Waals surface area contributed by atoms with Crippen molar-refractivity contribution in [3.8, 4) is 0 Å². The molecule has 0 bridgehead atoms. The van der Waals surface area contributed by atoms with Crippen LogP contribution in [0.25, 0.3) is 0 Å². The quantitative estimate of drug-likeness (QED) is 0.848. The maximum absolute atomic E-state index is 11.4. The molecule has 0 atom stereocenters. The predicted octanol–water partition coefficient (Wildman–Crippen LogP) is 2.83. The number of anilines is 1. The Balaban J connectivity index is 0.00000103. The molecule has 99 valence electrons. The van der Waals surface area contributed by atoms with E-state index in [0.717, 1.165) is 5.69 Å². The van der Waals surface area contributed by atoms with Crippen LogP contribution in [0.4, 0.5) is 10.5 Å². The summed E-state index contributed by atoms with van der Waals surface area (Å²) in [5.41, 5.74) is 0.748. The maximum atomic E-state index is 11.4. The summed E-state index contributed by atoms with van der Waals surface area (Å²) in [4.78, 5) is 15.2. The number of oxazole rings is 1. The van der Waals surface area contributed by atoms with Crippen molar-refractivity contribution in [1.82, 2.24) is 10.3 Å². The zero-order valence-corrected chi connectivity index (χ0v) is 13.6. The van der Waals surface area contributed by atoms with Crippen molar-refractivity contribution in [3.05, 3.63) is 55.6 Å². The van der Waals surface area contributed by atoms with Crippen LogP contribution in [0, 0.1) is 6.92 Å². The summed E-state index contributed by atoms with van der Waals surface area (Å²) in [6.45, 7) is 5.32. The van der Waals surface area contributed by atoms with Gasteiger partial charge >= 0.3 is 6.03 Å². The van der Waals surface area contributed by atoms with E-state index in [0.29, 0.717) is 12.3 Å². The van der Waals surface area contributed by atoms with E-state index < -0.39 is 0 Å². The minimum absolute atomic E-state index is 0. The molecule has 1 aromatic carbocycles. The number of nitrogens with one attached hydrogen (secondary N) is 2.